The van der Waals surface area contributed by atoms with E-state index in [-0.39, 0.29) is 24.5 Å². The predicted molar refractivity (Wildman–Crippen MR) is 112 cm³/mol. The minimum absolute atomic E-state index is 0.00334. The van der Waals surface area contributed by atoms with E-state index in [1.165, 1.54) is 11.3 Å². The van der Waals surface area contributed by atoms with Crippen molar-refractivity contribution in [2.24, 2.45) is 0 Å². The number of fused-ring (bicyclic) bond motifs is 1. The Labute approximate surface area is 173 Å². The Morgan fingerprint density at radius 1 is 1.28 bits per heavy atom. The van der Waals surface area contributed by atoms with Gasteiger partial charge in [-0.1, -0.05) is 36.4 Å². The molecule has 3 aromatic rings. The predicted octanol–water partition coefficient (Wildman–Crippen LogP) is 3.87. The van der Waals surface area contributed by atoms with Crippen molar-refractivity contribution in [1.82, 2.24) is 10.3 Å². The van der Waals surface area contributed by atoms with Gasteiger partial charge in [0.1, 0.15) is 16.5 Å². The van der Waals surface area contributed by atoms with E-state index in [4.69, 9.17) is 4.74 Å². The van der Waals surface area contributed by atoms with Crippen LogP contribution in [0.5, 0.6) is 5.75 Å². The van der Waals surface area contributed by atoms with Crippen molar-refractivity contribution < 1.29 is 14.3 Å². The summed E-state index contributed by atoms with van der Waals surface area (Å²) in [6.07, 6.45) is 0. The number of hydrogen-bond acceptors (Lipinski definition) is 5. The molecule has 4 rings (SSSR count). The SMILES string of the molecule is Cc1ccc2c(c1)N(Cc1nc(C(=O)N[C@@H](C)c3ccccc3)cs1)C(=O)CO2. The molecule has 0 radical (unpaired) electrons. The van der Waals surface area contributed by atoms with E-state index in [1.54, 1.807) is 10.3 Å². The summed E-state index contributed by atoms with van der Waals surface area (Å²) in [6, 6.07) is 15.4. The molecular weight excluding hydrogens is 386 g/mol. The number of amides is 2. The third-order valence-electron chi connectivity index (χ3n) is 4.78. The van der Waals surface area contributed by atoms with Crippen LogP contribution in [0.1, 0.15) is 39.6 Å². The Morgan fingerprint density at radius 2 is 2.07 bits per heavy atom. The van der Waals surface area contributed by atoms with E-state index in [2.05, 4.69) is 10.3 Å². The first-order chi connectivity index (χ1) is 14.0. The largest absolute Gasteiger partial charge is 0.482 e. The van der Waals surface area contributed by atoms with Gasteiger partial charge in [0.25, 0.3) is 11.8 Å². The van der Waals surface area contributed by atoms with Gasteiger partial charge < -0.3 is 10.1 Å². The normalized spacial score (nSPS) is 14.1. The van der Waals surface area contributed by atoms with Gasteiger partial charge >= 0.3 is 0 Å². The molecule has 2 aromatic carbocycles. The second-order valence-electron chi connectivity index (χ2n) is 6.97. The fourth-order valence-corrected chi connectivity index (χ4v) is 3.97. The number of aromatic nitrogens is 1. The molecule has 0 fully saturated rings. The van der Waals surface area contributed by atoms with Crippen LogP contribution in [0, 0.1) is 6.92 Å². The van der Waals surface area contributed by atoms with Gasteiger partial charge in [-0.15, -0.1) is 11.3 Å². The van der Waals surface area contributed by atoms with Gasteiger partial charge in [0.15, 0.2) is 6.61 Å². The topological polar surface area (TPSA) is 71.5 Å². The molecule has 1 atom stereocenters. The number of rotatable bonds is 5. The number of thiazole rings is 1. The van der Waals surface area contributed by atoms with Crippen molar-refractivity contribution in [3.8, 4) is 5.75 Å². The lowest BCUT2D eigenvalue weighted by Crippen LogP contribution is -2.38. The number of aryl methyl sites for hydroxylation is 1. The van der Waals surface area contributed by atoms with Gasteiger partial charge in [0.05, 0.1) is 18.3 Å². The summed E-state index contributed by atoms with van der Waals surface area (Å²) in [7, 11) is 0. The minimum atomic E-state index is -0.228. The summed E-state index contributed by atoms with van der Waals surface area (Å²) in [6.45, 7) is 4.22. The maximum absolute atomic E-state index is 12.6. The summed E-state index contributed by atoms with van der Waals surface area (Å²) in [5, 5.41) is 5.39. The molecule has 1 aliphatic rings. The third kappa shape index (κ3) is 4.14. The maximum Gasteiger partial charge on any atom is 0.271 e. The van der Waals surface area contributed by atoms with E-state index in [9.17, 15) is 9.59 Å². The highest BCUT2D eigenvalue weighted by Gasteiger charge is 2.27. The summed E-state index contributed by atoms with van der Waals surface area (Å²) in [4.78, 5) is 31.1. The van der Waals surface area contributed by atoms with Crippen molar-refractivity contribution in [2.75, 3.05) is 11.5 Å². The van der Waals surface area contributed by atoms with Crippen LogP contribution in [0.15, 0.2) is 53.9 Å². The molecule has 7 heteroatoms. The molecule has 0 aliphatic carbocycles. The smallest absolute Gasteiger partial charge is 0.271 e. The third-order valence-corrected chi connectivity index (χ3v) is 5.62. The molecule has 2 heterocycles. The highest BCUT2D eigenvalue weighted by molar-refractivity contribution is 7.09. The summed E-state index contributed by atoms with van der Waals surface area (Å²) >= 11 is 1.37. The lowest BCUT2D eigenvalue weighted by atomic mass is 10.1. The second kappa shape index (κ2) is 8.05. The van der Waals surface area contributed by atoms with Crippen molar-refractivity contribution in [3.63, 3.8) is 0 Å². The lowest BCUT2D eigenvalue weighted by molar-refractivity contribution is -0.121. The Bertz CT molecular complexity index is 1050. The van der Waals surface area contributed by atoms with Gasteiger partial charge in [-0.3, -0.25) is 14.5 Å². The fourth-order valence-electron chi connectivity index (χ4n) is 3.20. The average molecular weight is 407 g/mol. The molecule has 0 unspecified atom stereocenters. The van der Waals surface area contributed by atoms with Gasteiger partial charge in [-0.2, -0.15) is 0 Å². The molecule has 0 saturated heterocycles. The molecule has 0 bridgehead atoms. The van der Waals surface area contributed by atoms with Gasteiger partial charge in [0.2, 0.25) is 0 Å². The zero-order valence-corrected chi connectivity index (χ0v) is 17.0. The second-order valence-corrected chi connectivity index (χ2v) is 7.91. The van der Waals surface area contributed by atoms with Gasteiger partial charge in [-0.25, -0.2) is 4.98 Å². The number of anilines is 1. The molecule has 0 saturated carbocycles. The van der Waals surface area contributed by atoms with Crippen LogP contribution in [0.25, 0.3) is 0 Å². The summed E-state index contributed by atoms with van der Waals surface area (Å²) in [5.74, 6) is 0.330. The van der Waals surface area contributed by atoms with Crippen LogP contribution in [0.2, 0.25) is 0 Å². The molecule has 1 N–H and O–H groups in total. The quantitative estimate of drug-likeness (QED) is 0.697. The average Bonchev–Trinajstić information content (AvgIpc) is 3.20. The van der Waals surface area contributed by atoms with Crippen LogP contribution in [0.3, 0.4) is 0 Å². The van der Waals surface area contributed by atoms with Crippen molar-refractivity contribution in [1.29, 1.82) is 0 Å². The highest BCUT2D eigenvalue weighted by atomic mass is 32.1. The van der Waals surface area contributed by atoms with E-state index >= 15 is 0 Å². The standard InChI is InChI=1S/C22H21N3O3S/c1-14-8-9-19-18(10-14)25(21(26)12-28-19)11-20-24-17(13-29-20)22(27)23-15(2)16-6-4-3-5-7-16/h3-10,13,15H,11-12H2,1-2H3,(H,23,27)/t15-/m0/s1. The molecule has 0 spiro atoms. The van der Waals surface area contributed by atoms with E-state index in [0.717, 1.165) is 16.8 Å². The number of carbonyl (C=O) groups is 2. The van der Waals surface area contributed by atoms with E-state index in [0.29, 0.717) is 23.0 Å². The number of ether oxygens (including phenoxy) is 1. The Morgan fingerprint density at radius 3 is 2.86 bits per heavy atom. The van der Waals surface area contributed by atoms with Gasteiger partial charge in [-0.05, 0) is 37.1 Å². The summed E-state index contributed by atoms with van der Waals surface area (Å²) < 4.78 is 5.52. The Hall–Kier alpha value is -3.19. The van der Waals surface area contributed by atoms with E-state index < -0.39 is 0 Å². The minimum Gasteiger partial charge on any atom is -0.482 e. The highest BCUT2D eigenvalue weighted by Crippen LogP contribution is 2.34. The fraction of sp³-hybridized carbons (Fsp3) is 0.227. The molecule has 6 nitrogen and oxygen atoms in total. The van der Waals surface area contributed by atoms with E-state index in [1.807, 2.05) is 62.4 Å². The van der Waals surface area contributed by atoms with Crippen molar-refractivity contribution in [2.45, 2.75) is 26.4 Å². The number of nitrogens with one attached hydrogen (secondary N) is 1. The first-order valence-electron chi connectivity index (χ1n) is 9.35. The zero-order valence-electron chi connectivity index (χ0n) is 16.2. The maximum atomic E-state index is 12.6. The molecule has 1 aromatic heterocycles. The monoisotopic (exact) mass is 407 g/mol. The molecule has 2 amide bonds. The van der Waals surface area contributed by atoms with Crippen LogP contribution in [-0.4, -0.2) is 23.4 Å². The number of carbonyl (C=O) groups excluding carboxylic acids is 2. The van der Waals surface area contributed by atoms with Crippen LogP contribution < -0.4 is 15.0 Å². The number of hydrogen-bond donors (Lipinski definition) is 1. The van der Waals surface area contributed by atoms with Crippen molar-refractivity contribution >= 4 is 28.8 Å². The molecular formula is C22H21N3O3S. The van der Waals surface area contributed by atoms with Crippen LogP contribution in [-0.2, 0) is 11.3 Å². The zero-order chi connectivity index (χ0) is 20.4. The molecule has 29 heavy (non-hydrogen) atoms. The Balaban J connectivity index is 1.48. The molecule has 148 valence electrons. The van der Waals surface area contributed by atoms with Crippen LogP contribution in [0.4, 0.5) is 5.69 Å². The van der Waals surface area contributed by atoms with Gasteiger partial charge in [0, 0.05) is 5.38 Å². The van der Waals surface area contributed by atoms with Crippen molar-refractivity contribution in [3.05, 3.63) is 75.7 Å². The first kappa shape index (κ1) is 19.1. The summed E-state index contributed by atoms with van der Waals surface area (Å²) in [5.41, 5.74) is 3.17. The molecule has 1 aliphatic heterocycles. The van der Waals surface area contributed by atoms with Crippen LogP contribution >= 0.6 is 11.3 Å². The number of benzene rings is 2. The Kier molecular flexibility index (Phi) is 5.31. The first-order valence-corrected chi connectivity index (χ1v) is 10.2. The lowest BCUT2D eigenvalue weighted by Gasteiger charge is -2.29. The number of nitrogens with zero attached hydrogens (tertiary/aromatic N) is 2.